The molecule has 1 unspecified atom stereocenters. The predicted octanol–water partition coefficient (Wildman–Crippen LogP) is 3.00. The Labute approximate surface area is 178 Å². The molecular weight excluding hydrogens is 397 g/mol. The number of halogens is 2. The van der Waals surface area contributed by atoms with Crippen LogP contribution >= 0.6 is 24.0 Å². The summed E-state index contributed by atoms with van der Waals surface area (Å²) >= 11 is 6.24. The molecule has 4 rings (SSSR count). The van der Waals surface area contributed by atoms with E-state index in [1.807, 2.05) is 28.0 Å². The lowest BCUT2D eigenvalue weighted by atomic mass is 9.77. The van der Waals surface area contributed by atoms with Crippen LogP contribution in [0.4, 0.5) is 0 Å². The van der Waals surface area contributed by atoms with Gasteiger partial charge in [-0.3, -0.25) is 9.59 Å². The van der Waals surface area contributed by atoms with Gasteiger partial charge in [0.15, 0.2) is 0 Å². The van der Waals surface area contributed by atoms with Crippen LogP contribution in [0, 0.1) is 0 Å². The molecule has 2 aliphatic heterocycles. The topological polar surface area (TPSA) is 52.7 Å². The first-order chi connectivity index (χ1) is 13.1. The maximum atomic E-state index is 13.7. The summed E-state index contributed by atoms with van der Waals surface area (Å²) in [5, 5.41) is 3.82. The van der Waals surface area contributed by atoms with Gasteiger partial charge >= 0.3 is 0 Å². The highest BCUT2D eigenvalue weighted by Gasteiger charge is 2.46. The summed E-state index contributed by atoms with van der Waals surface area (Å²) in [4.78, 5) is 30.0. The quantitative estimate of drug-likeness (QED) is 0.809. The molecule has 1 N–H and O–H groups in total. The summed E-state index contributed by atoms with van der Waals surface area (Å²) < 4.78 is 0. The van der Waals surface area contributed by atoms with E-state index in [0.29, 0.717) is 18.1 Å². The van der Waals surface area contributed by atoms with Gasteiger partial charge in [0.25, 0.3) is 0 Å². The molecule has 7 heteroatoms. The van der Waals surface area contributed by atoms with Gasteiger partial charge in [0.2, 0.25) is 11.8 Å². The summed E-state index contributed by atoms with van der Waals surface area (Å²) in [6.07, 6.45) is 5.87. The average Bonchev–Trinajstić information content (AvgIpc) is 3.19. The van der Waals surface area contributed by atoms with E-state index >= 15 is 0 Å². The van der Waals surface area contributed by atoms with Crippen LogP contribution in [0.15, 0.2) is 24.3 Å². The molecule has 154 valence electrons. The molecule has 0 aromatic heterocycles. The molecule has 28 heavy (non-hydrogen) atoms. The average molecular weight is 426 g/mol. The number of carbonyl (C=O) groups excluding carboxylic acids is 2. The number of hydrogen-bond acceptors (Lipinski definition) is 3. The summed E-state index contributed by atoms with van der Waals surface area (Å²) in [5.74, 6) is 0.389. The molecule has 1 aliphatic carbocycles. The summed E-state index contributed by atoms with van der Waals surface area (Å²) in [6.45, 7) is 3.44. The van der Waals surface area contributed by atoms with Crippen molar-refractivity contribution < 1.29 is 9.59 Å². The molecule has 0 radical (unpaired) electrons. The van der Waals surface area contributed by atoms with E-state index in [9.17, 15) is 9.59 Å². The fourth-order valence-corrected chi connectivity index (χ4v) is 5.28. The molecule has 2 heterocycles. The fraction of sp³-hybridized carbons (Fsp3) is 0.619. The molecule has 1 aromatic carbocycles. The van der Waals surface area contributed by atoms with Crippen molar-refractivity contribution in [1.29, 1.82) is 0 Å². The highest BCUT2D eigenvalue weighted by atomic mass is 35.5. The van der Waals surface area contributed by atoms with Gasteiger partial charge < -0.3 is 15.1 Å². The summed E-state index contributed by atoms with van der Waals surface area (Å²) in [6, 6.07) is 7.98. The molecule has 0 spiro atoms. The first kappa shape index (κ1) is 21.4. The minimum atomic E-state index is -0.444. The van der Waals surface area contributed by atoms with Gasteiger partial charge in [-0.1, -0.05) is 36.6 Å². The van der Waals surface area contributed by atoms with Crippen LogP contribution in [-0.2, 0) is 15.0 Å². The van der Waals surface area contributed by atoms with Gasteiger partial charge in [-0.2, -0.15) is 0 Å². The smallest absolute Gasteiger partial charge is 0.236 e. The minimum absolute atomic E-state index is 0. The van der Waals surface area contributed by atoms with E-state index in [1.54, 1.807) is 0 Å². The SMILES string of the molecule is Cl.O=C1CNCCN1C1CCCN(C(=O)C2(c3cccc(Cl)c3)CCCC2)C1. The van der Waals surface area contributed by atoms with Crippen molar-refractivity contribution in [2.24, 2.45) is 0 Å². The molecular formula is C21H29Cl2N3O2. The molecule has 5 nitrogen and oxygen atoms in total. The summed E-state index contributed by atoms with van der Waals surface area (Å²) in [7, 11) is 0. The Bertz CT molecular complexity index is 721. The number of nitrogens with one attached hydrogen (secondary N) is 1. The zero-order valence-electron chi connectivity index (χ0n) is 16.2. The summed E-state index contributed by atoms with van der Waals surface area (Å²) in [5.41, 5.74) is 0.609. The van der Waals surface area contributed by atoms with Crippen LogP contribution in [-0.4, -0.2) is 60.4 Å². The molecule has 2 saturated heterocycles. The zero-order valence-corrected chi connectivity index (χ0v) is 17.7. The monoisotopic (exact) mass is 425 g/mol. The molecule has 1 saturated carbocycles. The van der Waals surface area contributed by atoms with E-state index in [-0.39, 0.29) is 30.3 Å². The van der Waals surface area contributed by atoms with Gasteiger partial charge in [0.05, 0.1) is 12.0 Å². The molecule has 3 aliphatic rings. The lowest BCUT2D eigenvalue weighted by Crippen LogP contribution is -2.59. The molecule has 2 amide bonds. The van der Waals surface area contributed by atoms with Crippen LogP contribution in [0.1, 0.15) is 44.1 Å². The molecule has 1 aromatic rings. The van der Waals surface area contributed by atoms with Gasteiger partial charge in [0.1, 0.15) is 0 Å². The molecule has 3 fully saturated rings. The number of piperidine rings is 1. The lowest BCUT2D eigenvalue weighted by molar-refractivity contribution is -0.143. The third-order valence-corrected chi connectivity index (χ3v) is 6.73. The number of carbonyl (C=O) groups is 2. The highest BCUT2D eigenvalue weighted by molar-refractivity contribution is 6.30. The van der Waals surface area contributed by atoms with Crippen molar-refractivity contribution in [3.05, 3.63) is 34.9 Å². The fourth-order valence-electron chi connectivity index (χ4n) is 5.09. The second kappa shape index (κ2) is 9.02. The van der Waals surface area contributed by atoms with Gasteiger partial charge in [-0.25, -0.2) is 0 Å². The zero-order chi connectivity index (χ0) is 18.9. The number of rotatable bonds is 3. The van der Waals surface area contributed by atoms with Crippen molar-refractivity contribution in [2.45, 2.75) is 50.0 Å². The van der Waals surface area contributed by atoms with Crippen LogP contribution in [0.3, 0.4) is 0 Å². The van der Waals surface area contributed by atoms with Gasteiger partial charge in [-0.05, 0) is 43.4 Å². The van der Waals surface area contributed by atoms with Crippen LogP contribution in [0.25, 0.3) is 0 Å². The maximum absolute atomic E-state index is 13.7. The number of benzene rings is 1. The van der Waals surface area contributed by atoms with Crippen LogP contribution < -0.4 is 5.32 Å². The Morgan fingerprint density at radius 1 is 1.18 bits per heavy atom. The Hall–Kier alpha value is -1.30. The van der Waals surface area contributed by atoms with E-state index in [0.717, 1.165) is 63.7 Å². The third kappa shape index (κ3) is 4.03. The number of likely N-dealkylation sites (tertiary alicyclic amines) is 1. The van der Waals surface area contributed by atoms with E-state index in [4.69, 9.17) is 11.6 Å². The Balaban J connectivity index is 0.00000225. The normalized spacial score (nSPS) is 24.8. The Kier molecular flexibility index (Phi) is 6.89. The molecule has 1 atom stereocenters. The largest absolute Gasteiger partial charge is 0.340 e. The standard InChI is InChI=1S/C21H28ClN3O2.ClH/c22-17-6-3-5-16(13-17)21(8-1-2-9-21)20(27)24-11-4-7-18(15-24)25-12-10-23-14-19(25)26;/h3,5-6,13,18,23H,1-2,4,7-12,14-15H2;1H. The second-order valence-corrected chi connectivity index (χ2v) is 8.55. The van der Waals surface area contributed by atoms with E-state index in [1.165, 1.54) is 0 Å². The first-order valence-electron chi connectivity index (χ1n) is 10.2. The predicted molar refractivity (Wildman–Crippen MR) is 113 cm³/mol. The number of hydrogen-bond donors (Lipinski definition) is 1. The third-order valence-electron chi connectivity index (χ3n) is 6.49. The number of nitrogens with zero attached hydrogens (tertiary/aromatic N) is 2. The van der Waals surface area contributed by atoms with Crippen molar-refractivity contribution in [1.82, 2.24) is 15.1 Å². The Morgan fingerprint density at radius 2 is 1.96 bits per heavy atom. The van der Waals surface area contributed by atoms with Crippen molar-refractivity contribution >= 4 is 35.8 Å². The lowest BCUT2D eigenvalue weighted by Gasteiger charge is -2.43. The van der Waals surface area contributed by atoms with Gasteiger partial charge in [0, 0.05) is 37.2 Å². The highest BCUT2D eigenvalue weighted by Crippen LogP contribution is 2.43. The van der Waals surface area contributed by atoms with Crippen molar-refractivity contribution in [2.75, 3.05) is 32.7 Å². The minimum Gasteiger partial charge on any atom is -0.340 e. The number of amides is 2. The molecule has 0 bridgehead atoms. The first-order valence-corrected chi connectivity index (χ1v) is 10.5. The van der Waals surface area contributed by atoms with Gasteiger partial charge in [-0.15, -0.1) is 12.4 Å². The van der Waals surface area contributed by atoms with Crippen molar-refractivity contribution in [3.8, 4) is 0 Å². The Morgan fingerprint density at radius 3 is 2.68 bits per heavy atom. The van der Waals surface area contributed by atoms with E-state index < -0.39 is 5.41 Å². The number of piperazine rings is 1. The van der Waals surface area contributed by atoms with Crippen LogP contribution in [0.5, 0.6) is 0 Å². The van der Waals surface area contributed by atoms with E-state index in [2.05, 4.69) is 11.4 Å². The van der Waals surface area contributed by atoms with Crippen molar-refractivity contribution in [3.63, 3.8) is 0 Å². The van der Waals surface area contributed by atoms with Crippen LogP contribution in [0.2, 0.25) is 5.02 Å². The maximum Gasteiger partial charge on any atom is 0.236 e. The second-order valence-electron chi connectivity index (χ2n) is 8.11.